The van der Waals surface area contributed by atoms with E-state index in [2.05, 4.69) is 4.98 Å². The van der Waals surface area contributed by atoms with Gasteiger partial charge >= 0.3 is 5.97 Å². The zero-order valence-corrected chi connectivity index (χ0v) is 11.6. The van der Waals surface area contributed by atoms with Gasteiger partial charge in [-0.15, -0.1) is 0 Å². The first-order valence-corrected chi connectivity index (χ1v) is 6.99. The van der Waals surface area contributed by atoms with Crippen LogP contribution in [0.2, 0.25) is 0 Å². The average molecular weight is 275 g/mol. The van der Waals surface area contributed by atoms with Crippen molar-refractivity contribution in [2.24, 2.45) is 17.8 Å². The summed E-state index contributed by atoms with van der Waals surface area (Å²) < 4.78 is 16.2. The van der Waals surface area contributed by atoms with Gasteiger partial charge in [-0.25, -0.2) is 9.78 Å². The third-order valence-electron chi connectivity index (χ3n) is 5.15. The van der Waals surface area contributed by atoms with Crippen LogP contribution in [0.1, 0.15) is 29.6 Å². The molecular formula is C15H17NO4. The van der Waals surface area contributed by atoms with E-state index in [4.69, 9.17) is 14.2 Å². The van der Waals surface area contributed by atoms with Crippen LogP contribution in [-0.4, -0.2) is 30.8 Å². The molecule has 0 saturated heterocycles. The van der Waals surface area contributed by atoms with Gasteiger partial charge in [-0.2, -0.15) is 0 Å². The SMILES string of the molecule is COC(=O)c1cnc(OC)c(OC23CC4CC2C3C4)c1. The molecule has 0 aromatic carbocycles. The van der Waals surface area contributed by atoms with Crippen molar-refractivity contribution < 1.29 is 19.0 Å². The molecule has 0 radical (unpaired) electrons. The summed E-state index contributed by atoms with van der Waals surface area (Å²) in [5, 5.41) is 0. The van der Waals surface area contributed by atoms with Crippen molar-refractivity contribution in [3.63, 3.8) is 0 Å². The van der Waals surface area contributed by atoms with E-state index >= 15 is 0 Å². The number of hydrogen-bond acceptors (Lipinski definition) is 5. The van der Waals surface area contributed by atoms with Crippen molar-refractivity contribution in [2.45, 2.75) is 24.9 Å². The van der Waals surface area contributed by atoms with Gasteiger partial charge in [0.25, 0.3) is 5.88 Å². The zero-order chi connectivity index (χ0) is 13.9. The maximum atomic E-state index is 11.6. The van der Waals surface area contributed by atoms with Crippen molar-refractivity contribution >= 4 is 5.97 Å². The van der Waals surface area contributed by atoms with E-state index in [1.165, 1.54) is 26.1 Å². The van der Waals surface area contributed by atoms with Crippen molar-refractivity contribution in [1.29, 1.82) is 0 Å². The highest BCUT2D eigenvalue weighted by Crippen LogP contribution is 2.74. The van der Waals surface area contributed by atoms with Gasteiger partial charge in [-0.05, 0) is 25.2 Å². The topological polar surface area (TPSA) is 57.7 Å². The molecule has 4 fully saturated rings. The minimum absolute atomic E-state index is 0.00559. The summed E-state index contributed by atoms with van der Waals surface area (Å²) in [7, 11) is 2.91. The van der Waals surface area contributed by atoms with Crippen LogP contribution in [0.4, 0.5) is 0 Å². The van der Waals surface area contributed by atoms with Gasteiger partial charge in [0.2, 0.25) is 0 Å². The standard InChI is InChI=1S/C15H17NO4/c1-18-13-12(5-9(7-16-13)14(17)19-2)20-15-6-8-3-10(15)11(15)4-8/h5,7-8,10-11H,3-4,6H2,1-2H3. The molecule has 4 bridgehead atoms. The minimum atomic E-state index is -0.412. The summed E-state index contributed by atoms with van der Waals surface area (Å²) in [6, 6.07) is 1.68. The number of carbonyl (C=O) groups is 1. The number of rotatable bonds is 4. The molecule has 0 amide bonds. The van der Waals surface area contributed by atoms with Crippen LogP contribution in [0.25, 0.3) is 0 Å². The number of nitrogens with zero attached hydrogens (tertiary/aromatic N) is 1. The normalized spacial score (nSPS) is 35.8. The molecule has 4 aliphatic carbocycles. The lowest BCUT2D eigenvalue weighted by Gasteiger charge is -2.17. The number of pyridine rings is 1. The van der Waals surface area contributed by atoms with Crippen LogP contribution in [0.5, 0.6) is 11.6 Å². The molecule has 106 valence electrons. The summed E-state index contributed by atoms with van der Waals surface area (Å²) in [5.41, 5.74) is 0.385. The van der Waals surface area contributed by atoms with Crippen LogP contribution in [0.3, 0.4) is 0 Å². The van der Waals surface area contributed by atoms with Crippen molar-refractivity contribution in [2.75, 3.05) is 14.2 Å². The fourth-order valence-corrected chi connectivity index (χ4v) is 4.32. The monoisotopic (exact) mass is 275 g/mol. The van der Waals surface area contributed by atoms with Gasteiger partial charge in [-0.3, -0.25) is 0 Å². The van der Waals surface area contributed by atoms with Crippen molar-refractivity contribution in [3.8, 4) is 11.6 Å². The van der Waals surface area contributed by atoms with Crippen LogP contribution in [0, 0.1) is 17.8 Å². The Morgan fingerprint density at radius 2 is 2.10 bits per heavy atom. The number of aromatic nitrogens is 1. The van der Waals surface area contributed by atoms with Crippen molar-refractivity contribution in [3.05, 3.63) is 17.8 Å². The highest BCUT2D eigenvalue weighted by Gasteiger charge is 2.77. The van der Waals surface area contributed by atoms with E-state index in [0.29, 0.717) is 29.0 Å². The largest absolute Gasteiger partial charge is 0.481 e. The number of hydrogen-bond donors (Lipinski definition) is 0. The molecule has 1 aromatic heterocycles. The second-order valence-electron chi connectivity index (χ2n) is 6.03. The molecule has 1 heterocycles. The third kappa shape index (κ3) is 1.43. The molecule has 0 aliphatic heterocycles. The Hall–Kier alpha value is -1.78. The van der Waals surface area contributed by atoms with Crippen molar-refractivity contribution in [1.82, 2.24) is 4.98 Å². The second kappa shape index (κ2) is 3.87. The predicted octanol–water partition coefficient (Wildman–Crippen LogP) is 2.05. The fourth-order valence-electron chi connectivity index (χ4n) is 4.32. The summed E-state index contributed by atoms with van der Waals surface area (Å²) >= 11 is 0. The highest BCUT2D eigenvalue weighted by molar-refractivity contribution is 5.89. The summed E-state index contributed by atoms with van der Waals surface area (Å²) in [5.74, 6) is 2.79. The smallest absolute Gasteiger partial charge is 0.339 e. The molecule has 4 aliphatic rings. The zero-order valence-electron chi connectivity index (χ0n) is 11.6. The lowest BCUT2D eigenvalue weighted by atomic mass is 10.1. The van der Waals surface area contributed by atoms with Gasteiger partial charge in [-0.1, -0.05) is 0 Å². The summed E-state index contributed by atoms with van der Waals surface area (Å²) in [4.78, 5) is 15.8. The number of esters is 1. The molecule has 2 atom stereocenters. The molecule has 2 unspecified atom stereocenters. The summed E-state index contributed by atoms with van der Waals surface area (Å²) in [6.07, 6.45) is 5.16. The molecule has 0 spiro atoms. The van der Waals surface area contributed by atoms with E-state index in [0.717, 1.165) is 12.3 Å². The Morgan fingerprint density at radius 1 is 1.35 bits per heavy atom. The maximum absolute atomic E-state index is 11.6. The first-order chi connectivity index (χ1) is 9.68. The third-order valence-corrected chi connectivity index (χ3v) is 5.15. The molecule has 5 nitrogen and oxygen atoms in total. The van der Waals surface area contributed by atoms with Gasteiger partial charge in [0.05, 0.1) is 19.8 Å². The van der Waals surface area contributed by atoms with E-state index in [1.54, 1.807) is 13.2 Å². The number of carbonyl (C=O) groups excluding carboxylic acids is 1. The molecule has 5 rings (SSSR count). The Morgan fingerprint density at radius 3 is 2.65 bits per heavy atom. The predicted molar refractivity (Wildman–Crippen MR) is 69.8 cm³/mol. The Bertz CT molecular complexity index is 573. The van der Waals surface area contributed by atoms with Crippen LogP contribution in [0.15, 0.2) is 12.3 Å². The molecule has 4 saturated carbocycles. The number of ether oxygens (including phenoxy) is 3. The van der Waals surface area contributed by atoms with Gasteiger partial charge in [0, 0.05) is 24.1 Å². The van der Waals surface area contributed by atoms with Gasteiger partial charge < -0.3 is 14.2 Å². The highest BCUT2D eigenvalue weighted by atomic mass is 16.5. The molecule has 0 N–H and O–H groups in total. The molecule has 20 heavy (non-hydrogen) atoms. The van der Waals surface area contributed by atoms with E-state index in [-0.39, 0.29) is 5.60 Å². The van der Waals surface area contributed by atoms with Crippen LogP contribution in [-0.2, 0) is 4.74 Å². The first kappa shape index (κ1) is 12.0. The number of methoxy groups -OCH3 is 2. The van der Waals surface area contributed by atoms with Crippen LogP contribution < -0.4 is 9.47 Å². The van der Waals surface area contributed by atoms with Gasteiger partial charge in [0.15, 0.2) is 5.75 Å². The Kier molecular flexibility index (Phi) is 2.32. The van der Waals surface area contributed by atoms with E-state index in [1.807, 2.05) is 0 Å². The lowest BCUT2D eigenvalue weighted by Crippen LogP contribution is -2.19. The first-order valence-electron chi connectivity index (χ1n) is 6.99. The Balaban J connectivity index is 1.65. The maximum Gasteiger partial charge on any atom is 0.339 e. The summed E-state index contributed by atoms with van der Waals surface area (Å²) in [6.45, 7) is 0. The van der Waals surface area contributed by atoms with E-state index < -0.39 is 5.97 Å². The van der Waals surface area contributed by atoms with Gasteiger partial charge in [0.1, 0.15) is 5.60 Å². The fraction of sp³-hybridized carbons (Fsp3) is 0.600. The molecular weight excluding hydrogens is 258 g/mol. The van der Waals surface area contributed by atoms with E-state index in [9.17, 15) is 4.79 Å². The molecule has 5 heteroatoms. The second-order valence-corrected chi connectivity index (χ2v) is 6.03. The minimum Gasteiger partial charge on any atom is -0.481 e. The quantitative estimate of drug-likeness (QED) is 0.787. The Labute approximate surface area is 117 Å². The molecule has 1 aromatic rings. The average Bonchev–Trinajstić information content (AvgIpc) is 2.94. The lowest BCUT2D eigenvalue weighted by molar-refractivity contribution is 0.0598. The van der Waals surface area contributed by atoms with Crippen LogP contribution >= 0.6 is 0 Å².